The van der Waals surface area contributed by atoms with Crippen molar-refractivity contribution >= 4 is 11.3 Å². The van der Waals surface area contributed by atoms with E-state index < -0.39 is 0 Å². The van der Waals surface area contributed by atoms with Crippen molar-refractivity contribution in [3.8, 4) is 0 Å². The SMILES string of the molecule is C=CCC(c1ccccc1)c1ccsc1. The van der Waals surface area contributed by atoms with E-state index in [-0.39, 0.29) is 0 Å². The molecule has 76 valence electrons. The van der Waals surface area contributed by atoms with Gasteiger partial charge in [0.25, 0.3) is 0 Å². The molecule has 15 heavy (non-hydrogen) atoms. The largest absolute Gasteiger partial charge is 0.152 e. The topological polar surface area (TPSA) is 0 Å². The van der Waals surface area contributed by atoms with Crippen LogP contribution in [0.1, 0.15) is 23.5 Å². The van der Waals surface area contributed by atoms with Crippen molar-refractivity contribution in [3.63, 3.8) is 0 Å². The van der Waals surface area contributed by atoms with E-state index in [9.17, 15) is 0 Å². The predicted molar refractivity (Wildman–Crippen MR) is 67.4 cm³/mol. The molecule has 0 N–H and O–H groups in total. The van der Waals surface area contributed by atoms with Gasteiger partial charge in [-0.2, -0.15) is 11.3 Å². The van der Waals surface area contributed by atoms with Gasteiger partial charge in [0.05, 0.1) is 0 Å². The van der Waals surface area contributed by atoms with Gasteiger partial charge in [-0.15, -0.1) is 6.58 Å². The molecule has 1 aromatic heterocycles. The molecule has 0 aliphatic rings. The van der Waals surface area contributed by atoms with Crippen LogP contribution in [0.2, 0.25) is 0 Å². The summed E-state index contributed by atoms with van der Waals surface area (Å²) in [5.41, 5.74) is 2.77. The number of thiophene rings is 1. The van der Waals surface area contributed by atoms with Crippen LogP contribution in [0.15, 0.2) is 59.8 Å². The summed E-state index contributed by atoms with van der Waals surface area (Å²) in [5, 5.41) is 4.36. The first-order chi connectivity index (χ1) is 7.42. The van der Waals surface area contributed by atoms with Crippen molar-refractivity contribution in [1.29, 1.82) is 0 Å². The lowest BCUT2D eigenvalue weighted by molar-refractivity contribution is 0.835. The van der Waals surface area contributed by atoms with Crippen LogP contribution in [0, 0.1) is 0 Å². The molecule has 0 spiro atoms. The van der Waals surface area contributed by atoms with Gasteiger partial charge >= 0.3 is 0 Å². The first-order valence-electron chi connectivity index (χ1n) is 5.09. The molecule has 2 rings (SSSR count). The Bertz CT molecular complexity index is 400. The first-order valence-corrected chi connectivity index (χ1v) is 6.04. The molecule has 0 saturated carbocycles. The average Bonchev–Trinajstić information content (AvgIpc) is 2.80. The second-order valence-electron chi connectivity index (χ2n) is 3.54. The first kappa shape index (κ1) is 10.2. The van der Waals surface area contributed by atoms with Crippen LogP contribution < -0.4 is 0 Å². The Balaban J connectivity index is 2.32. The van der Waals surface area contributed by atoms with Crippen LogP contribution in [0.5, 0.6) is 0 Å². The van der Waals surface area contributed by atoms with Crippen LogP contribution >= 0.6 is 11.3 Å². The van der Waals surface area contributed by atoms with E-state index in [0.717, 1.165) is 6.42 Å². The van der Waals surface area contributed by atoms with Gasteiger partial charge in [0.1, 0.15) is 0 Å². The fraction of sp³-hybridized carbons (Fsp3) is 0.143. The lowest BCUT2D eigenvalue weighted by Gasteiger charge is -2.13. The molecule has 0 aliphatic heterocycles. The third kappa shape index (κ3) is 2.37. The van der Waals surface area contributed by atoms with Crippen LogP contribution in [0.4, 0.5) is 0 Å². The molecule has 0 aliphatic carbocycles. The Morgan fingerprint density at radius 3 is 2.53 bits per heavy atom. The zero-order chi connectivity index (χ0) is 10.5. The molecule has 0 radical (unpaired) electrons. The number of hydrogen-bond acceptors (Lipinski definition) is 1. The van der Waals surface area contributed by atoms with E-state index in [4.69, 9.17) is 0 Å². The minimum atomic E-state index is 0.468. The van der Waals surface area contributed by atoms with Gasteiger partial charge in [-0.25, -0.2) is 0 Å². The summed E-state index contributed by atoms with van der Waals surface area (Å²) < 4.78 is 0. The predicted octanol–water partition coefficient (Wildman–Crippen LogP) is 4.46. The Hall–Kier alpha value is -1.34. The second-order valence-corrected chi connectivity index (χ2v) is 4.32. The van der Waals surface area contributed by atoms with Crippen molar-refractivity contribution in [2.75, 3.05) is 0 Å². The maximum absolute atomic E-state index is 3.84. The smallest absolute Gasteiger partial charge is 0.0132 e. The van der Waals surface area contributed by atoms with E-state index >= 15 is 0 Å². The van der Waals surface area contributed by atoms with Gasteiger partial charge in [0, 0.05) is 5.92 Å². The third-order valence-electron chi connectivity index (χ3n) is 2.55. The fourth-order valence-corrected chi connectivity index (χ4v) is 2.50. The van der Waals surface area contributed by atoms with E-state index in [1.54, 1.807) is 11.3 Å². The van der Waals surface area contributed by atoms with Gasteiger partial charge in [-0.05, 0) is 34.4 Å². The Kier molecular flexibility index (Phi) is 3.36. The molecule has 0 fully saturated rings. The maximum Gasteiger partial charge on any atom is 0.0132 e. The summed E-state index contributed by atoms with van der Waals surface area (Å²) in [5.74, 6) is 0.468. The quantitative estimate of drug-likeness (QED) is 0.659. The number of allylic oxidation sites excluding steroid dienone is 1. The van der Waals surface area contributed by atoms with Crippen LogP contribution in [0.3, 0.4) is 0 Å². The van der Waals surface area contributed by atoms with Crippen molar-refractivity contribution in [2.24, 2.45) is 0 Å². The molecule has 0 amide bonds. The molecule has 0 nitrogen and oxygen atoms in total. The highest BCUT2D eigenvalue weighted by atomic mass is 32.1. The van der Waals surface area contributed by atoms with E-state index in [1.165, 1.54) is 11.1 Å². The molecule has 1 aromatic carbocycles. The minimum Gasteiger partial charge on any atom is -0.152 e. The Morgan fingerprint density at radius 2 is 1.93 bits per heavy atom. The van der Waals surface area contributed by atoms with Gasteiger partial charge < -0.3 is 0 Å². The summed E-state index contributed by atoms with van der Waals surface area (Å²) >= 11 is 1.75. The zero-order valence-corrected chi connectivity index (χ0v) is 9.41. The van der Waals surface area contributed by atoms with Crippen molar-refractivity contribution in [3.05, 3.63) is 70.9 Å². The zero-order valence-electron chi connectivity index (χ0n) is 8.60. The van der Waals surface area contributed by atoms with Gasteiger partial charge in [0.2, 0.25) is 0 Å². The standard InChI is InChI=1S/C14H14S/c1-2-6-14(13-9-10-15-11-13)12-7-4-3-5-8-12/h2-5,7-11,14H,1,6H2. The second kappa shape index (κ2) is 4.94. The van der Waals surface area contributed by atoms with E-state index in [0.29, 0.717) is 5.92 Å². The molecule has 0 bridgehead atoms. The molecule has 1 heterocycles. The lowest BCUT2D eigenvalue weighted by Crippen LogP contribution is -1.97. The molecule has 0 saturated heterocycles. The molecule has 1 unspecified atom stereocenters. The molecule has 2 aromatic rings. The van der Waals surface area contributed by atoms with E-state index in [1.807, 2.05) is 6.08 Å². The summed E-state index contributed by atoms with van der Waals surface area (Å²) in [6, 6.07) is 12.8. The molecule has 1 heteroatoms. The Morgan fingerprint density at radius 1 is 1.13 bits per heavy atom. The monoisotopic (exact) mass is 214 g/mol. The van der Waals surface area contributed by atoms with Crippen LogP contribution in [0.25, 0.3) is 0 Å². The highest BCUT2D eigenvalue weighted by molar-refractivity contribution is 7.08. The third-order valence-corrected chi connectivity index (χ3v) is 3.25. The summed E-state index contributed by atoms with van der Waals surface area (Å²) in [7, 11) is 0. The minimum absolute atomic E-state index is 0.468. The van der Waals surface area contributed by atoms with Gasteiger partial charge in [-0.1, -0.05) is 36.4 Å². The number of rotatable bonds is 4. The van der Waals surface area contributed by atoms with E-state index in [2.05, 4.69) is 53.7 Å². The van der Waals surface area contributed by atoms with Crippen LogP contribution in [-0.2, 0) is 0 Å². The average molecular weight is 214 g/mol. The summed E-state index contributed by atoms with van der Waals surface area (Å²) in [6.07, 6.45) is 3.00. The van der Waals surface area contributed by atoms with Gasteiger partial charge in [0.15, 0.2) is 0 Å². The van der Waals surface area contributed by atoms with Crippen molar-refractivity contribution in [2.45, 2.75) is 12.3 Å². The lowest BCUT2D eigenvalue weighted by atomic mass is 9.90. The van der Waals surface area contributed by atoms with Crippen molar-refractivity contribution in [1.82, 2.24) is 0 Å². The Labute approximate surface area is 94.9 Å². The normalized spacial score (nSPS) is 12.3. The summed E-state index contributed by atoms with van der Waals surface area (Å²) in [4.78, 5) is 0. The van der Waals surface area contributed by atoms with Crippen LogP contribution in [-0.4, -0.2) is 0 Å². The molecular weight excluding hydrogens is 200 g/mol. The number of benzene rings is 1. The fourth-order valence-electron chi connectivity index (χ4n) is 1.79. The molecular formula is C14H14S. The molecule has 1 atom stereocenters. The highest BCUT2D eigenvalue weighted by Crippen LogP contribution is 2.29. The van der Waals surface area contributed by atoms with Crippen molar-refractivity contribution < 1.29 is 0 Å². The van der Waals surface area contributed by atoms with Gasteiger partial charge in [-0.3, -0.25) is 0 Å². The summed E-state index contributed by atoms with van der Waals surface area (Å²) in [6.45, 7) is 3.84. The maximum atomic E-state index is 3.84. The number of hydrogen-bond donors (Lipinski definition) is 0. The highest BCUT2D eigenvalue weighted by Gasteiger charge is 2.11.